The van der Waals surface area contributed by atoms with Crippen LogP contribution in [0.3, 0.4) is 0 Å². The fourth-order valence-electron chi connectivity index (χ4n) is 3.57. The lowest BCUT2D eigenvalue weighted by atomic mass is 10.2. The van der Waals surface area contributed by atoms with E-state index in [0.717, 1.165) is 10.9 Å². The molecule has 0 aliphatic carbocycles. The van der Waals surface area contributed by atoms with Crippen LogP contribution in [0, 0.1) is 15.9 Å². The molecule has 8 nitrogen and oxygen atoms in total. The number of nitrogens with zero attached hydrogens (tertiary/aromatic N) is 4. The molecule has 184 valence electrons. The third-order valence-electron chi connectivity index (χ3n) is 5.25. The Labute approximate surface area is 221 Å². The first-order chi connectivity index (χ1) is 17.3. The molecule has 0 aliphatic rings. The van der Waals surface area contributed by atoms with Gasteiger partial charge >= 0.3 is 5.69 Å². The van der Waals surface area contributed by atoms with Gasteiger partial charge in [-0.15, -0.1) is 0 Å². The first-order valence-corrected chi connectivity index (χ1v) is 12.5. The molecule has 1 aromatic heterocycles. The highest BCUT2D eigenvalue weighted by atomic mass is 79.9. The normalized spacial score (nSPS) is 11.3. The van der Waals surface area contributed by atoms with E-state index in [0.29, 0.717) is 27.6 Å². The van der Waals surface area contributed by atoms with Gasteiger partial charge in [-0.25, -0.2) is 9.37 Å². The molecule has 0 fully saturated rings. The highest BCUT2D eigenvalue weighted by Gasteiger charge is 2.21. The molecule has 3 aromatic carbocycles. The van der Waals surface area contributed by atoms with E-state index in [1.165, 1.54) is 29.1 Å². The fourth-order valence-corrected chi connectivity index (χ4v) is 4.40. The molecule has 11 heteroatoms. The van der Waals surface area contributed by atoms with E-state index in [2.05, 4.69) is 41.9 Å². The van der Waals surface area contributed by atoms with Crippen molar-refractivity contribution in [1.82, 2.24) is 9.66 Å². The second-order valence-electron chi connectivity index (χ2n) is 7.78. The van der Waals surface area contributed by atoms with Gasteiger partial charge in [0, 0.05) is 32.6 Å². The number of fused-ring (bicyclic) bond motifs is 1. The molecule has 4 rings (SSSR count). The molecular weight excluding hydrogens is 599 g/mol. The minimum Gasteiger partial charge on any atom is -0.481 e. The number of hydrogen-bond acceptors (Lipinski definition) is 6. The molecule has 1 heterocycles. The van der Waals surface area contributed by atoms with Gasteiger partial charge in [-0.2, -0.15) is 9.78 Å². The Hall–Kier alpha value is -3.44. The molecule has 0 aliphatic heterocycles. The summed E-state index contributed by atoms with van der Waals surface area (Å²) in [5.41, 5.74) is 0.313. The first-order valence-electron chi connectivity index (χ1n) is 10.9. The monoisotopic (exact) mass is 616 g/mol. The lowest BCUT2D eigenvalue weighted by Gasteiger charge is -2.12. The second kappa shape index (κ2) is 11.1. The molecule has 0 atom stereocenters. The Morgan fingerprint density at radius 1 is 1.17 bits per heavy atom. The van der Waals surface area contributed by atoms with E-state index >= 15 is 0 Å². The van der Waals surface area contributed by atoms with Crippen LogP contribution in [0.15, 0.2) is 73.4 Å². The van der Waals surface area contributed by atoms with E-state index in [9.17, 15) is 19.3 Å². The van der Waals surface area contributed by atoms with Gasteiger partial charge in [0.15, 0.2) is 0 Å². The van der Waals surface area contributed by atoms with Crippen LogP contribution in [-0.4, -0.2) is 20.8 Å². The summed E-state index contributed by atoms with van der Waals surface area (Å²) >= 11 is 6.65. The number of halogens is 3. The average Bonchev–Trinajstić information content (AvgIpc) is 2.84. The molecule has 0 N–H and O–H groups in total. The SMILES string of the molecule is CCCc1nc2ccc(Br)cc2c(=O)n1N=Cc1cc(Br)cc([N+](=O)[O-])c1OCc1ccccc1F. The number of nitro benzene ring substituents is 1. The number of ether oxygens (including phenoxy) is 1. The largest absolute Gasteiger partial charge is 0.481 e. The second-order valence-corrected chi connectivity index (χ2v) is 9.61. The number of hydrogen-bond donors (Lipinski definition) is 0. The Morgan fingerprint density at radius 3 is 2.67 bits per heavy atom. The van der Waals surface area contributed by atoms with Gasteiger partial charge < -0.3 is 4.74 Å². The Bertz CT molecular complexity index is 1560. The van der Waals surface area contributed by atoms with E-state index in [4.69, 9.17) is 4.74 Å². The maximum Gasteiger partial charge on any atom is 0.312 e. The molecule has 0 radical (unpaired) electrons. The molecular formula is C25H19Br2FN4O4. The van der Waals surface area contributed by atoms with Gasteiger partial charge in [0.05, 0.1) is 22.0 Å². The van der Waals surface area contributed by atoms with Crippen molar-refractivity contribution < 1.29 is 14.1 Å². The number of benzene rings is 3. The maximum absolute atomic E-state index is 14.1. The molecule has 0 saturated carbocycles. The Balaban J connectivity index is 1.82. The summed E-state index contributed by atoms with van der Waals surface area (Å²) in [6.45, 7) is 1.72. The van der Waals surface area contributed by atoms with Crippen LogP contribution < -0.4 is 10.3 Å². The predicted octanol–water partition coefficient (Wildman–Crippen LogP) is 6.38. The lowest BCUT2D eigenvalue weighted by molar-refractivity contribution is -0.386. The minimum absolute atomic E-state index is 0.100. The van der Waals surface area contributed by atoms with Gasteiger partial charge in [0.2, 0.25) is 5.75 Å². The van der Waals surface area contributed by atoms with Crippen molar-refractivity contribution in [3.8, 4) is 5.75 Å². The molecule has 36 heavy (non-hydrogen) atoms. The smallest absolute Gasteiger partial charge is 0.312 e. The molecule has 0 saturated heterocycles. The molecule has 0 spiro atoms. The third-order valence-corrected chi connectivity index (χ3v) is 6.20. The summed E-state index contributed by atoms with van der Waals surface area (Å²) in [5, 5.41) is 16.5. The lowest BCUT2D eigenvalue weighted by Crippen LogP contribution is -2.22. The number of aryl methyl sites for hydroxylation is 1. The fraction of sp³-hybridized carbons (Fsp3) is 0.160. The van der Waals surface area contributed by atoms with Crippen molar-refractivity contribution in [3.63, 3.8) is 0 Å². The number of nitro groups is 1. The summed E-state index contributed by atoms with van der Waals surface area (Å²) in [7, 11) is 0. The highest BCUT2D eigenvalue weighted by Crippen LogP contribution is 2.34. The van der Waals surface area contributed by atoms with Crippen molar-refractivity contribution in [2.24, 2.45) is 5.10 Å². The number of aromatic nitrogens is 2. The van der Waals surface area contributed by atoms with Crippen LogP contribution >= 0.6 is 31.9 Å². The van der Waals surface area contributed by atoms with E-state index in [1.807, 2.05) is 6.92 Å². The quantitative estimate of drug-likeness (QED) is 0.130. The van der Waals surface area contributed by atoms with Crippen molar-refractivity contribution in [3.05, 3.63) is 107 Å². The van der Waals surface area contributed by atoms with E-state index in [1.54, 1.807) is 36.4 Å². The van der Waals surface area contributed by atoms with Crippen molar-refractivity contribution in [1.29, 1.82) is 0 Å². The van der Waals surface area contributed by atoms with Gasteiger partial charge in [-0.1, -0.05) is 57.0 Å². The van der Waals surface area contributed by atoms with Crippen LogP contribution in [0.4, 0.5) is 10.1 Å². The van der Waals surface area contributed by atoms with Crippen molar-refractivity contribution >= 4 is 54.7 Å². The molecule has 0 bridgehead atoms. The summed E-state index contributed by atoms with van der Waals surface area (Å²) in [5.74, 6) is -0.139. The Morgan fingerprint density at radius 2 is 1.94 bits per heavy atom. The topological polar surface area (TPSA) is 99.6 Å². The zero-order chi connectivity index (χ0) is 25.8. The van der Waals surface area contributed by atoms with Crippen LogP contribution in [0.2, 0.25) is 0 Å². The molecule has 0 unspecified atom stereocenters. The highest BCUT2D eigenvalue weighted by molar-refractivity contribution is 9.10. The van der Waals surface area contributed by atoms with Crippen LogP contribution in [-0.2, 0) is 13.0 Å². The van der Waals surface area contributed by atoms with Gasteiger partial charge in [0.25, 0.3) is 5.56 Å². The zero-order valence-corrected chi connectivity index (χ0v) is 22.1. The zero-order valence-electron chi connectivity index (χ0n) is 19.0. The van der Waals surface area contributed by atoms with Crippen LogP contribution in [0.1, 0.15) is 30.3 Å². The summed E-state index contributed by atoms with van der Waals surface area (Å²) < 4.78 is 22.2. The van der Waals surface area contributed by atoms with Crippen molar-refractivity contribution in [2.45, 2.75) is 26.4 Å². The summed E-state index contributed by atoms with van der Waals surface area (Å²) in [6.07, 6.45) is 2.53. The average molecular weight is 618 g/mol. The van der Waals surface area contributed by atoms with Crippen LogP contribution in [0.5, 0.6) is 5.75 Å². The predicted molar refractivity (Wildman–Crippen MR) is 142 cm³/mol. The number of rotatable bonds is 8. The van der Waals surface area contributed by atoms with Gasteiger partial charge in [-0.3, -0.25) is 14.9 Å². The summed E-state index contributed by atoms with van der Waals surface area (Å²) in [4.78, 5) is 29.0. The maximum atomic E-state index is 14.1. The van der Waals surface area contributed by atoms with Gasteiger partial charge in [-0.05, 0) is 36.8 Å². The van der Waals surface area contributed by atoms with Crippen LogP contribution in [0.25, 0.3) is 10.9 Å². The van der Waals surface area contributed by atoms with Crippen molar-refractivity contribution in [2.75, 3.05) is 0 Å². The molecule has 4 aromatic rings. The third kappa shape index (κ3) is 5.52. The Kier molecular flexibility index (Phi) is 7.90. The van der Waals surface area contributed by atoms with E-state index < -0.39 is 10.7 Å². The van der Waals surface area contributed by atoms with E-state index in [-0.39, 0.29) is 34.7 Å². The molecule has 0 amide bonds. The summed E-state index contributed by atoms with van der Waals surface area (Å²) in [6, 6.07) is 14.1. The van der Waals surface area contributed by atoms with Gasteiger partial charge in [0.1, 0.15) is 18.2 Å². The minimum atomic E-state index is -0.595. The standard InChI is InChI=1S/C25H19Br2FN4O4/c1-2-5-23-30-21-9-8-17(26)11-19(21)25(33)31(23)29-13-16-10-18(27)12-22(32(34)35)24(16)36-14-15-6-3-4-7-20(15)28/h3-4,6-13H,2,5,14H2,1H3. The first kappa shape index (κ1) is 25.6.